The van der Waals surface area contributed by atoms with Crippen molar-refractivity contribution in [3.63, 3.8) is 0 Å². The van der Waals surface area contributed by atoms with Gasteiger partial charge in [0.05, 0.1) is 29.8 Å². The molecule has 0 atom stereocenters. The maximum Gasteiger partial charge on any atom is 0.157 e. The van der Waals surface area contributed by atoms with Crippen LogP contribution >= 0.6 is 0 Å². The lowest BCUT2D eigenvalue weighted by Gasteiger charge is -2.34. The molecule has 6 nitrogen and oxygen atoms in total. The Labute approximate surface area is 145 Å². The molecule has 0 amide bonds. The fourth-order valence-electron chi connectivity index (χ4n) is 4.08. The Morgan fingerprint density at radius 1 is 1.16 bits per heavy atom. The Hall–Kier alpha value is -2.62. The Balaban J connectivity index is 1.93. The van der Waals surface area contributed by atoms with Crippen molar-refractivity contribution in [2.45, 2.75) is 13.0 Å². The van der Waals surface area contributed by atoms with Gasteiger partial charge in [-0.15, -0.1) is 0 Å². The lowest BCUT2D eigenvalue weighted by atomic mass is 9.96. The number of imidazole rings is 1. The summed E-state index contributed by atoms with van der Waals surface area (Å²) < 4.78 is 7.74. The number of rotatable bonds is 1. The number of fused-ring (bicyclic) bond motifs is 4. The zero-order valence-corrected chi connectivity index (χ0v) is 14.0. The second-order valence-electron chi connectivity index (χ2n) is 6.55. The van der Waals surface area contributed by atoms with E-state index < -0.39 is 0 Å². The van der Waals surface area contributed by atoms with Gasteiger partial charge in [-0.3, -0.25) is 4.40 Å². The topological polar surface area (TPSA) is 65.6 Å². The van der Waals surface area contributed by atoms with Crippen LogP contribution in [0.3, 0.4) is 0 Å². The van der Waals surface area contributed by atoms with Crippen molar-refractivity contribution >= 4 is 22.5 Å². The van der Waals surface area contributed by atoms with Gasteiger partial charge in [0, 0.05) is 25.2 Å². The number of nitrogens with one attached hydrogen (secondary N) is 1. The van der Waals surface area contributed by atoms with Crippen LogP contribution < -0.4 is 10.2 Å². The number of benzene rings is 1. The summed E-state index contributed by atoms with van der Waals surface area (Å²) in [6.45, 7) is 4.88. The molecule has 0 spiro atoms. The highest BCUT2D eigenvalue weighted by atomic mass is 16.5. The Kier molecular flexibility index (Phi) is 3.37. The standard InChI is InChI=1S/C19H19N5O/c20-11-14-13-5-6-21-12-15(13)19(23-7-9-25-10-8-23)24-17-4-2-1-3-16(17)22-18(14)24/h1-4,21H,5-10,12H2. The molecule has 1 aromatic carbocycles. The number of anilines is 1. The molecule has 6 heteroatoms. The van der Waals surface area contributed by atoms with E-state index in [4.69, 9.17) is 9.72 Å². The molecule has 0 saturated carbocycles. The number of pyridine rings is 1. The van der Waals surface area contributed by atoms with Crippen LogP contribution in [0.25, 0.3) is 16.7 Å². The maximum absolute atomic E-state index is 9.86. The summed E-state index contributed by atoms with van der Waals surface area (Å²) in [5, 5.41) is 13.3. The number of aromatic nitrogens is 2. The van der Waals surface area contributed by atoms with E-state index in [9.17, 15) is 5.26 Å². The average molecular weight is 333 g/mol. The zero-order valence-electron chi connectivity index (χ0n) is 14.0. The predicted molar refractivity (Wildman–Crippen MR) is 95.9 cm³/mol. The third-order valence-electron chi connectivity index (χ3n) is 5.21. The molecule has 0 bridgehead atoms. The first-order chi connectivity index (χ1) is 12.4. The van der Waals surface area contributed by atoms with Crippen LogP contribution in [0.5, 0.6) is 0 Å². The number of hydrogen-bond acceptors (Lipinski definition) is 5. The van der Waals surface area contributed by atoms with Crippen molar-refractivity contribution in [3.05, 3.63) is 41.0 Å². The van der Waals surface area contributed by atoms with E-state index in [0.29, 0.717) is 0 Å². The van der Waals surface area contributed by atoms with Gasteiger partial charge in [0.25, 0.3) is 0 Å². The summed E-state index contributed by atoms with van der Waals surface area (Å²) in [6, 6.07) is 10.6. The second-order valence-corrected chi connectivity index (χ2v) is 6.55. The van der Waals surface area contributed by atoms with E-state index in [1.54, 1.807) is 0 Å². The maximum atomic E-state index is 9.86. The number of morpholine rings is 1. The Morgan fingerprint density at radius 3 is 2.84 bits per heavy atom. The fraction of sp³-hybridized carbons (Fsp3) is 0.368. The fourth-order valence-corrected chi connectivity index (χ4v) is 4.08. The molecule has 0 radical (unpaired) electrons. The smallest absolute Gasteiger partial charge is 0.157 e. The van der Waals surface area contributed by atoms with Gasteiger partial charge in [-0.25, -0.2) is 4.98 Å². The summed E-state index contributed by atoms with van der Waals surface area (Å²) in [4.78, 5) is 7.20. The van der Waals surface area contributed by atoms with Crippen LogP contribution in [-0.2, 0) is 17.7 Å². The molecular weight excluding hydrogens is 314 g/mol. The van der Waals surface area contributed by atoms with E-state index in [1.165, 1.54) is 11.4 Å². The SMILES string of the molecule is N#Cc1c2c(c(N3CCOCC3)n3c1nc1ccccc13)CNCC2. The monoisotopic (exact) mass is 333 g/mol. The summed E-state index contributed by atoms with van der Waals surface area (Å²) in [6.07, 6.45) is 0.870. The third kappa shape index (κ3) is 2.13. The molecule has 0 aliphatic carbocycles. The van der Waals surface area contributed by atoms with Crippen molar-refractivity contribution in [2.24, 2.45) is 0 Å². The Morgan fingerprint density at radius 2 is 2.00 bits per heavy atom. The summed E-state index contributed by atoms with van der Waals surface area (Å²) in [7, 11) is 0. The molecule has 3 aromatic rings. The van der Waals surface area contributed by atoms with Gasteiger partial charge in [-0.1, -0.05) is 12.1 Å². The summed E-state index contributed by atoms with van der Waals surface area (Å²) >= 11 is 0. The van der Waals surface area contributed by atoms with Gasteiger partial charge >= 0.3 is 0 Å². The van der Waals surface area contributed by atoms with Gasteiger partial charge in [-0.2, -0.15) is 5.26 Å². The molecule has 126 valence electrons. The molecule has 25 heavy (non-hydrogen) atoms. The largest absolute Gasteiger partial charge is 0.378 e. The van der Waals surface area contributed by atoms with Crippen molar-refractivity contribution in [2.75, 3.05) is 37.7 Å². The zero-order chi connectivity index (χ0) is 16.8. The van der Waals surface area contributed by atoms with E-state index in [2.05, 4.69) is 26.8 Å². The predicted octanol–water partition coefficient (Wildman–Crippen LogP) is 1.84. The van der Waals surface area contributed by atoms with Crippen molar-refractivity contribution in [3.8, 4) is 6.07 Å². The lowest BCUT2D eigenvalue weighted by molar-refractivity contribution is 0.122. The van der Waals surface area contributed by atoms with E-state index in [-0.39, 0.29) is 0 Å². The molecule has 1 saturated heterocycles. The molecule has 2 aromatic heterocycles. The number of nitriles is 1. The van der Waals surface area contributed by atoms with Gasteiger partial charge < -0.3 is 15.0 Å². The molecule has 2 aliphatic rings. The van der Waals surface area contributed by atoms with Crippen LogP contribution in [0.4, 0.5) is 5.82 Å². The minimum atomic E-state index is 0.727. The van der Waals surface area contributed by atoms with Crippen molar-refractivity contribution < 1.29 is 4.74 Å². The molecule has 4 heterocycles. The lowest BCUT2D eigenvalue weighted by Crippen LogP contribution is -2.39. The van der Waals surface area contributed by atoms with Gasteiger partial charge in [0.1, 0.15) is 11.9 Å². The van der Waals surface area contributed by atoms with Crippen LogP contribution in [0.1, 0.15) is 16.7 Å². The normalized spacial score (nSPS) is 17.6. The van der Waals surface area contributed by atoms with E-state index >= 15 is 0 Å². The highest BCUT2D eigenvalue weighted by Gasteiger charge is 2.27. The first-order valence-electron chi connectivity index (χ1n) is 8.77. The summed E-state index contributed by atoms with van der Waals surface area (Å²) in [5.41, 5.74) is 5.90. The molecule has 5 rings (SSSR count). The number of hydrogen-bond donors (Lipinski definition) is 1. The minimum absolute atomic E-state index is 0.727. The molecule has 1 fully saturated rings. The number of para-hydroxylation sites is 2. The quantitative estimate of drug-likeness (QED) is 0.736. The molecule has 2 aliphatic heterocycles. The van der Waals surface area contributed by atoms with Crippen LogP contribution in [0.15, 0.2) is 24.3 Å². The minimum Gasteiger partial charge on any atom is -0.378 e. The highest BCUT2D eigenvalue weighted by molar-refractivity contribution is 5.86. The van der Waals surface area contributed by atoms with Crippen molar-refractivity contribution in [1.29, 1.82) is 5.26 Å². The Bertz CT molecular complexity index is 1010. The van der Waals surface area contributed by atoms with Crippen LogP contribution in [-0.4, -0.2) is 42.2 Å². The van der Waals surface area contributed by atoms with Crippen LogP contribution in [0, 0.1) is 11.3 Å². The van der Waals surface area contributed by atoms with Gasteiger partial charge in [0.2, 0.25) is 0 Å². The number of ether oxygens (including phenoxy) is 1. The van der Waals surface area contributed by atoms with Gasteiger partial charge in [-0.05, 0) is 30.7 Å². The summed E-state index contributed by atoms with van der Waals surface area (Å²) in [5.74, 6) is 1.17. The molecule has 1 N–H and O–H groups in total. The molecule has 0 unspecified atom stereocenters. The third-order valence-corrected chi connectivity index (χ3v) is 5.21. The van der Waals surface area contributed by atoms with E-state index in [0.717, 1.165) is 73.6 Å². The van der Waals surface area contributed by atoms with Gasteiger partial charge in [0.15, 0.2) is 5.65 Å². The first kappa shape index (κ1) is 14.7. The molecular formula is C19H19N5O. The van der Waals surface area contributed by atoms with E-state index in [1.807, 2.05) is 18.2 Å². The van der Waals surface area contributed by atoms with Crippen molar-refractivity contribution in [1.82, 2.24) is 14.7 Å². The number of nitrogens with zero attached hydrogens (tertiary/aromatic N) is 4. The first-order valence-corrected chi connectivity index (χ1v) is 8.77. The second kappa shape index (κ2) is 5.73. The highest BCUT2D eigenvalue weighted by Crippen LogP contribution is 2.35. The average Bonchev–Trinajstić information content (AvgIpc) is 3.05. The van der Waals surface area contributed by atoms with Crippen LogP contribution in [0.2, 0.25) is 0 Å².